The van der Waals surface area contributed by atoms with Crippen molar-refractivity contribution in [1.29, 1.82) is 0 Å². The fraction of sp³-hybridized carbons (Fsp3) is 0.667. The first kappa shape index (κ1) is 24.1. The zero-order valence-corrected chi connectivity index (χ0v) is 19.4. The van der Waals surface area contributed by atoms with Crippen molar-refractivity contribution in [2.75, 3.05) is 19.3 Å². The van der Waals surface area contributed by atoms with Crippen molar-refractivity contribution < 1.29 is 19.1 Å². The maximum Gasteiger partial charge on any atom is 0.325 e. The molecule has 0 atom stereocenters. The molecule has 0 saturated heterocycles. The normalized spacial score (nSPS) is 11.7. The second kappa shape index (κ2) is 13.3. The molecule has 0 aliphatic rings. The van der Waals surface area contributed by atoms with Crippen LogP contribution in [0.5, 0.6) is 5.75 Å². The van der Waals surface area contributed by atoms with E-state index in [1.807, 2.05) is 12.1 Å². The zero-order valence-electron chi connectivity index (χ0n) is 15.3. The van der Waals surface area contributed by atoms with E-state index in [9.17, 15) is 4.57 Å². The number of halogens is 2. The topological polar surface area (TPSA) is 78.8 Å². The molecule has 0 bridgehead atoms. The summed E-state index contributed by atoms with van der Waals surface area (Å²) < 4.78 is 18.5. The average Bonchev–Trinajstić information content (AvgIpc) is 2.54. The summed E-state index contributed by atoms with van der Waals surface area (Å²) in [5, 5.41) is 3.20. The molecule has 3 N–H and O–H groups in total. The molecular weight excluding hydrogens is 485 g/mol. The molecule has 0 amide bonds. The highest BCUT2D eigenvalue weighted by Crippen LogP contribution is 2.35. The smallest absolute Gasteiger partial charge is 0.325 e. The van der Waals surface area contributed by atoms with Crippen molar-refractivity contribution in [3.8, 4) is 5.75 Å². The highest BCUT2D eigenvalue weighted by atomic mass is 79.9. The van der Waals surface area contributed by atoms with Crippen LogP contribution in [0.25, 0.3) is 0 Å². The van der Waals surface area contributed by atoms with Gasteiger partial charge in [-0.15, -0.1) is 0 Å². The van der Waals surface area contributed by atoms with Crippen molar-refractivity contribution in [3.05, 3.63) is 26.6 Å². The Balaban J connectivity index is 2.34. The zero-order chi connectivity index (χ0) is 19.4. The number of unbranched alkanes of at least 4 members (excludes halogenated alkanes) is 5. The van der Waals surface area contributed by atoms with Gasteiger partial charge >= 0.3 is 7.60 Å². The summed E-state index contributed by atoms with van der Waals surface area (Å²) in [7, 11) is -3.89. The molecule has 26 heavy (non-hydrogen) atoms. The van der Waals surface area contributed by atoms with Gasteiger partial charge in [0.2, 0.25) is 0 Å². The molecule has 0 spiro atoms. The lowest BCUT2D eigenvalue weighted by molar-refractivity contribution is 0.300. The van der Waals surface area contributed by atoms with Crippen LogP contribution in [-0.2, 0) is 11.1 Å². The predicted octanol–water partition coefficient (Wildman–Crippen LogP) is 5.61. The molecule has 150 valence electrons. The number of benzene rings is 1. The number of hydrogen-bond donors (Lipinski definition) is 3. The van der Waals surface area contributed by atoms with E-state index in [2.05, 4.69) is 44.1 Å². The van der Waals surface area contributed by atoms with Crippen LogP contribution in [0.2, 0.25) is 0 Å². The lowest BCUT2D eigenvalue weighted by atomic mass is 10.1. The third-order valence-corrected chi connectivity index (χ3v) is 6.01. The standard InChI is InChI=1S/C18H30Br2NO4P/c1-2-3-4-5-6-7-10-25-18-16(19)12-15(13-17(18)20)14-21-9-8-11-26(22,23)24/h12-13,21H,2-11,14H2,1H3,(H2,22,23,24). The van der Waals surface area contributed by atoms with Crippen LogP contribution in [0.1, 0.15) is 57.4 Å². The van der Waals surface area contributed by atoms with Crippen LogP contribution in [0.3, 0.4) is 0 Å². The van der Waals surface area contributed by atoms with Gasteiger partial charge in [-0.1, -0.05) is 39.0 Å². The van der Waals surface area contributed by atoms with Gasteiger partial charge in [0.25, 0.3) is 0 Å². The molecule has 0 heterocycles. The number of rotatable bonds is 14. The van der Waals surface area contributed by atoms with Gasteiger partial charge in [0.1, 0.15) is 5.75 Å². The summed E-state index contributed by atoms with van der Waals surface area (Å²) in [5.41, 5.74) is 1.08. The molecule has 0 saturated carbocycles. The first-order valence-electron chi connectivity index (χ1n) is 9.19. The van der Waals surface area contributed by atoms with Crippen LogP contribution in [0.15, 0.2) is 21.1 Å². The maximum atomic E-state index is 10.8. The van der Waals surface area contributed by atoms with E-state index >= 15 is 0 Å². The van der Waals surface area contributed by atoms with Gasteiger partial charge in [-0.3, -0.25) is 4.57 Å². The van der Waals surface area contributed by atoms with E-state index in [0.717, 1.165) is 26.7 Å². The van der Waals surface area contributed by atoms with Crippen molar-refractivity contribution in [2.45, 2.75) is 58.4 Å². The minimum Gasteiger partial charge on any atom is -0.491 e. The van der Waals surface area contributed by atoms with Crippen LogP contribution in [0, 0.1) is 0 Å². The van der Waals surface area contributed by atoms with Gasteiger partial charge in [0.05, 0.1) is 21.7 Å². The molecule has 0 unspecified atom stereocenters. The molecule has 0 aliphatic heterocycles. The highest BCUT2D eigenvalue weighted by Gasteiger charge is 2.12. The number of ether oxygens (including phenoxy) is 1. The Morgan fingerprint density at radius 2 is 1.65 bits per heavy atom. The SMILES string of the molecule is CCCCCCCCOc1c(Br)cc(CNCCCP(=O)(O)O)cc1Br. The minimum absolute atomic E-state index is 0.0847. The molecule has 0 radical (unpaired) electrons. The second-order valence-corrected chi connectivity index (χ2v) is 9.91. The largest absolute Gasteiger partial charge is 0.491 e. The minimum atomic E-state index is -3.89. The molecule has 1 rings (SSSR count). The number of hydrogen-bond acceptors (Lipinski definition) is 3. The van der Waals surface area contributed by atoms with Crippen LogP contribution in [0.4, 0.5) is 0 Å². The van der Waals surface area contributed by atoms with E-state index in [1.54, 1.807) is 0 Å². The van der Waals surface area contributed by atoms with Gasteiger partial charge in [0.15, 0.2) is 0 Å². The Morgan fingerprint density at radius 3 is 2.27 bits per heavy atom. The summed E-state index contributed by atoms with van der Waals surface area (Å²) in [6, 6.07) is 4.02. The molecule has 1 aromatic rings. The summed E-state index contributed by atoms with van der Waals surface area (Å²) >= 11 is 7.13. The van der Waals surface area contributed by atoms with Gasteiger partial charge in [0, 0.05) is 6.54 Å². The first-order valence-corrected chi connectivity index (χ1v) is 12.6. The molecule has 0 aliphatic carbocycles. The van der Waals surface area contributed by atoms with Crippen molar-refractivity contribution in [3.63, 3.8) is 0 Å². The molecule has 8 heteroatoms. The first-order chi connectivity index (χ1) is 12.3. The fourth-order valence-corrected chi connectivity index (χ4v) is 4.63. The summed E-state index contributed by atoms with van der Waals surface area (Å²) in [6.07, 6.45) is 7.78. The van der Waals surface area contributed by atoms with Crippen molar-refractivity contribution in [1.82, 2.24) is 5.32 Å². The Hall–Kier alpha value is 0.0900. The molecule has 5 nitrogen and oxygen atoms in total. The molecule has 0 fully saturated rings. The van der Waals surface area contributed by atoms with E-state index in [4.69, 9.17) is 14.5 Å². The van der Waals surface area contributed by atoms with Gasteiger partial charge in [-0.2, -0.15) is 0 Å². The van der Waals surface area contributed by atoms with E-state index in [-0.39, 0.29) is 6.16 Å². The highest BCUT2D eigenvalue weighted by molar-refractivity contribution is 9.11. The van der Waals surface area contributed by atoms with Gasteiger partial charge in [-0.25, -0.2) is 0 Å². The van der Waals surface area contributed by atoms with Crippen molar-refractivity contribution in [2.24, 2.45) is 0 Å². The quantitative estimate of drug-likeness (QED) is 0.222. The predicted molar refractivity (Wildman–Crippen MR) is 114 cm³/mol. The third kappa shape index (κ3) is 11.1. The van der Waals surface area contributed by atoms with E-state index in [0.29, 0.717) is 26.1 Å². The van der Waals surface area contributed by atoms with E-state index < -0.39 is 7.60 Å². The summed E-state index contributed by atoms with van der Waals surface area (Å²) in [6.45, 7) is 4.13. The lowest BCUT2D eigenvalue weighted by Gasteiger charge is -2.13. The molecule has 0 aromatic heterocycles. The summed E-state index contributed by atoms with van der Waals surface area (Å²) in [4.78, 5) is 17.7. The van der Waals surface area contributed by atoms with Crippen LogP contribution in [-0.4, -0.2) is 29.1 Å². The Labute approximate surface area is 173 Å². The van der Waals surface area contributed by atoms with Gasteiger partial charge in [-0.05, 0) is 68.9 Å². The molecular formula is C18H30Br2NO4P. The Kier molecular flexibility index (Phi) is 12.3. The second-order valence-electron chi connectivity index (χ2n) is 6.42. The van der Waals surface area contributed by atoms with Crippen molar-refractivity contribution >= 4 is 39.5 Å². The average molecular weight is 515 g/mol. The summed E-state index contributed by atoms with van der Waals surface area (Å²) in [5.74, 6) is 0.823. The third-order valence-electron chi connectivity index (χ3n) is 3.93. The van der Waals surface area contributed by atoms with Crippen LogP contribution < -0.4 is 10.1 Å². The maximum absolute atomic E-state index is 10.8. The van der Waals surface area contributed by atoms with Gasteiger partial charge < -0.3 is 19.8 Å². The monoisotopic (exact) mass is 513 g/mol. The molecule has 1 aromatic carbocycles. The lowest BCUT2D eigenvalue weighted by Crippen LogP contribution is -2.16. The van der Waals surface area contributed by atoms with E-state index in [1.165, 1.54) is 32.1 Å². The Bertz CT molecular complexity index is 557. The fourth-order valence-electron chi connectivity index (χ4n) is 2.55. The number of nitrogens with one attached hydrogen (secondary N) is 1. The van der Waals surface area contributed by atoms with Crippen LogP contribution >= 0.6 is 39.5 Å². The Morgan fingerprint density at radius 1 is 1.04 bits per heavy atom.